The van der Waals surface area contributed by atoms with Gasteiger partial charge in [-0.05, 0) is 19.1 Å². The van der Waals surface area contributed by atoms with Gasteiger partial charge in [0.15, 0.2) is 0 Å². The summed E-state index contributed by atoms with van der Waals surface area (Å²) in [5.74, 6) is 0. The summed E-state index contributed by atoms with van der Waals surface area (Å²) < 4.78 is 0. The molecule has 0 amide bonds. The number of thioether (sulfide) groups is 1. The van der Waals surface area contributed by atoms with Gasteiger partial charge in [0.1, 0.15) is 0 Å². The Morgan fingerprint density at radius 2 is 2.11 bits per heavy atom. The highest BCUT2D eigenvalue weighted by Gasteiger charge is 2.02. The number of aliphatic hydroxyl groups is 1. The lowest BCUT2D eigenvalue weighted by molar-refractivity contribution is 0.285. The molecular weight excluding hydrogens is 132 g/mol. The molecule has 1 N–H and O–H groups in total. The van der Waals surface area contributed by atoms with Gasteiger partial charge >= 0.3 is 0 Å². The summed E-state index contributed by atoms with van der Waals surface area (Å²) in [4.78, 5) is 0. The normalized spacial score (nSPS) is 13.7. The van der Waals surface area contributed by atoms with Gasteiger partial charge in [-0.3, -0.25) is 0 Å². The molecule has 0 bridgehead atoms. The predicted molar refractivity (Wildman–Crippen MR) is 43.9 cm³/mol. The van der Waals surface area contributed by atoms with E-state index in [0.717, 1.165) is 6.42 Å². The lowest BCUT2D eigenvalue weighted by atomic mass is 10.2. The Hall–Kier alpha value is 0.310. The van der Waals surface area contributed by atoms with Crippen molar-refractivity contribution in [1.29, 1.82) is 0 Å². The van der Waals surface area contributed by atoms with Gasteiger partial charge in [-0.15, -0.1) is 0 Å². The Morgan fingerprint density at radius 1 is 1.44 bits per heavy atom. The van der Waals surface area contributed by atoms with Crippen LogP contribution in [0.3, 0.4) is 0 Å². The van der Waals surface area contributed by atoms with Crippen LogP contribution in [0.4, 0.5) is 0 Å². The lowest BCUT2D eigenvalue weighted by Crippen LogP contribution is -2.03. The van der Waals surface area contributed by atoms with Crippen molar-refractivity contribution in [2.75, 3.05) is 12.9 Å². The third kappa shape index (κ3) is 4.79. The minimum atomic E-state index is 0.339. The molecule has 56 valence electrons. The van der Waals surface area contributed by atoms with Crippen LogP contribution >= 0.6 is 11.8 Å². The van der Waals surface area contributed by atoms with E-state index in [0.29, 0.717) is 11.9 Å². The maximum absolute atomic E-state index is 8.58. The molecule has 0 aliphatic rings. The fraction of sp³-hybridized carbons (Fsp3) is 1.00. The first-order chi connectivity index (χ1) is 4.35. The Labute approximate surface area is 61.8 Å². The number of hydrogen-bond donors (Lipinski definition) is 1. The van der Waals surface area contributed by atoms with E-state index in [1.54, 1.807) is 0 Å². The van der Waals surface area contributed by atoms with Gasteiger partial charge in [0, 0.05) is 11.9 Å². The molecule has 0 aliphatic heterocycles. The number of aliphatic hydroxyl groups excluding tert-OH is 1. The first-order valence-electron chi connectivity index (χ1n) is 3.48. The summed E-state index contributed by atoms with van der Waals surface area (Å²) >= 11 is 1.86. The van der Waals surface area contributed by atoms with Crippen molar-refractivity contribution >= 4 is 11.8 Å². The summed E-state index contributed by atoms with van der Waals surface area (Å²) in [5.41, 5.74) is 0. The van der Waals surface area contributed by atoms with E-state index < -0.39 is 0 Å². The van der Waals surface area contributed by atoms with Crippen molar-refractivity contribution in [2.24, 2.45) is 0 Å². The second kappa shape index (κ2) is 6.43. The number of hydrogen-bond acceptors (Lipinski definition) is 2. The van der Waals surface area contributed by atoms with Gasteiger partial charge in [0.2, 0.25) is 0 Å². The van der Waals surface area contributed by atoms with E-state index in [-0.39, 0.29) is 0 Å². The molecule has 0 radical (unpaired) electrons. The van der Waals surface area contributed by atoms with E-state index in [1.807, 2.05) is 11.8 Å². The highest BCUT2D eigenvalue weighted by molar-refractivity contribution is 7.99. The lowest BCUT2D eigenvalue weighted by Gasteiger charge is -2.09. The first-order valence-corrected chi connectivity index (χ1v) is 4.77. The summed E-state index contributed by atoms with van der Waals surface area (Å²) in [6.07, 6.45) is 5.53. The highest BCUT2D eigenvalue weighted by atomic mass is 32.2. The fourth-order valence-electron chi connectivity index (χ4n) is 0.846. The topological polar surface area (TPSA) is 20.2 Å². The van der Waals surface area contributed by atoms with E-state index in [1.165, 1.54) is 12.8 Å². The summed E-state index contributed by atoms with van der Waals surface area (Å²) in [7, 11) is 0. The maximum atomic E-state index is 8.58. The molecule has 0 rings (SSSR count). The zero-order chi connectivity index (χ0) is 7.11. The molecule has 0 aromatic carbocycles. The van der Waals surface area contributed by atoms with Crippen LogP contribution < -0.4 is 0 Å². The average Bonchev–Trinajstić information content (AvgIpc) is 1.88. The SMILES string of the molecule is CCC[C@H](CCO)SC. The van der Waals surface area contributed by atoms with Crippen molar-refractivity contribution in [1.82, 2.24) is 0 Å². The Balaban J connectivity index is 3.18. The molecule has 0 aliphatic carbocycles. The Morgan fingerprint density at radius 3 is 2.44 bits per heavy atom. The number of rotatable bonds is 5. The van der Waals surface area contributed by atoms with Crippen LogP contribution in [0.15, 0.2) is 0 Å². The van der Waals surface area contributed by atoms with Gasteiger partial charge in [-0.25, -0.2) is 0 Å². The Kier molecular flexibility index (Phi) is 6.65. The first kappa shape index (κ1) is 9.31. The minimum absolute atomic E-state index is 0.339. The molecule has 0 unspecified atom stereocenters. The van der Waals surface area contributed by atoms with Crippen molar-refractivity contribution in [3.63, 3.8) is 0 Å². The second-order valence-corrected chi connectivity index (χ2v) is 3.30. The zero-order valence-corrected chi connectivity index (χ0v) is 7.08. The standard InChI is InChI=1S/C7H16OS/c1-3-4-7(9-2)5-6-8/h7-8H,3-6H2,1-2H3/t7-/m1/s1. The molecule has 0 saturated carbocycles. The molecule has 0 spiro atoms. The summed E-state index contributed by atoms with van der Waals surface area (Å²) in [6, 6.07) is 0. The molecule has 9 heavy (non-hydrogen) atoms. The van der Waals surface area contributed by atoms with E-state index in [9.17, 15) is 0 Å². The Bertz CT molecular complexity index is 50.9. The van der Waals surface area contributed by atoms with Crippen LogP contribution in [0.2, 0.25) is 0 Å². The van der Waals surface area contributed by atoms with Crippen LogP contribution in [-0.4, -0.2) is 23.2 Å². The molecule has 1 atom stereocenters. The maximum Gasteiger partial charge on any atom is 0.0441 e. The summed E-state index contributed by atoms with van der Waals surface area (Å²) in [6.45, 7) is 2.52. The molecule has 0 fully saturated rings. The van der Waals surface area contributed by atoms with Crippen LogP contribution in [0.5, 0.6) is 0 Å². The van der Waals surface area contributed by atoms with Gasteiger partial charge in [-0.2, -0.15) is 11.8 Å². The van der Waals surface area contributed by atoms with Gasteiger partial charge in [0.25, 0.3) is 0 Å². The van der Waals surface area contributed by atoms with Crippen molar-refractivity contribution in [3.8, 4) is 0 Å². The van der Waals surface area contributed by atoms with Gasteiger partial charge < -0.3 is 5.11 Å². The van der Waals surface area contributed by atoms with Crippen molar-refractivity contribution in [2.45, 2.75) is 31.4 Å². The second-order valence-electron chi connectivity index (χ2n) is 2.16. The van der Waals surface area contributed by atoms with Crippen LogP contribution in [0.25, 0.3) is 0 Å². The van der Waals surface area contributed by atoms with Crippen LogP contribution in [0, 0.1) is 0 Å². The molecule has 2 heteroatoms. The summed E-state index contributed by atoms with van der Waals surface area (Å²) in [5, 5.41) is 9.26. The van der Waals surface area contributed by atoms with E-state index in [2.05, 4.69) is 13.2 Å². The predicted octanol–water partition coefficient (Wildman–Crippen LogP) is 1.90. The van der Waals surface area contributed by atoms with Crippen LogP contribution in [0.1, 0.15) is 26.2 Å². The van der Waals surface area contributed by atoms with E-state index >= 15 is 0 Å². The molecular formula is C7H16OS. The molecule has 0 saturated heterocycles. The van der Waals surface area contributed by atoms with E-state index in [4.69, 9.17) is 5.11 Å². The van der Waals surface area contributed by atoms with Gasteiger partial charge in [-0.1, -0.05) is 13.3 Å². The zero-order valence-electron chi connectivity index (χ0n) is 6.26. The monoisotopic (exact) mass is 148 g/mol. The van der Waals surface area contributed by atoms with Crippen LogP contribution in [-0.2, 0) is 0 Å². The largest absolute Gasteiger partial charge is 0.396 e. The average molecular weight is 148 g/mol. The van der Waals surface area contributed by atoms with Crippen molar-refractivity contribution < 1.29 is 5.11 Å². The quantitative estimate of drug-likeness (QED) is 0.642. The molecule has 0 aromatic rings. The third-order valence-electron chi connectivity index (χ3n) is 1.40. The third-order valence-corrected chi connectivity index (χ3v) is 2.53. The smallest absolute Gasteiger partial charge is 0.0441 e. The highest BCUT2D eigenvalue weighted by Crippen LogP contribution is 2.15. The fourth-order valence-corrected chi connectivity index (χ4v) is 1.66. The minimum Gasteiger partial charge on any atom is -0.396 e. The molecule has 0 aromatic heterocycles. The molecule has 1 nitrogen and oxygen atoms in total. The van der Waals surface area contributed by atoms with Gasteiger partial charge in [0.05, 0.1) is 0 Å². The van der Waals surface area contributed by atoms with Crippen molar-refractivity contribution in [3.05, 3.63) is 0 Å². The molecule has 0 heterocycles.